The van der Waals surface area contributed by atoms with Crippen molar-refractivity contribution in [3.63, 3.8) is 0 Å². The van der Waals surface area contributed by atoms with Crippen LogP contribution in [-0.4, -0.2) is 6.54 Å². The highest BCUT2D eigenvalue weighted by molar-refractivity contribution is 9.11. The summed E-state index contributed by atoms with van der Waals surface area (Å²) in [4.78, 5) is 2.31. The Balaban J connectivity index is 2.39. The molecule has 0 amide bonds. The zero-order valence-electron chi connectivity index (χ0n) is 8.97. The van der Waals surface area contributed by atoms with Gasteiger partial charge in [-0.25, -0.2) is 0 Å². The minimum Gasteiger partial charge on any atom is -0.305 e. The van der Waals surface area contributed by atoms with Crippen molar-refractivity contribution >= 4 is 61.8 Å². The molecule has 0 aliphatic rings. The van der Waals surface area contributed by atoms with E-state index in [1.54, 1.807) is 22.7 Å². The van der Waals surface area contributed by atoms with Crippen molar-refractivity contribution in [3.8, 4) is 0 Å². The molecular formula is C11H10BrCl2NS2. The van der Waals surface area contributed by atoms with E-state index in [2.05, 4.69) is 28.2 Å². The Hall–Kier alpha value is 0.420. The van der Waals surface area contributed by atoms with E-state index in [0.29, 0.717) is 0 Å². The lowest BCUT2D eigenvalue weighted by atomic mass is 10.2. The van der Waals surface area contributed by atoms with Gasteiger partial charge in [-0.3, -0.25) is 0 Å². The van der Waals surface area contributed by atoms with Gasteiger partial charge < -0.3 is 5.32 Å². The third kappa shape index (κ3) is 3.06. The fraction of sp³-hybridized carbons (Fsp3) is 0.273. The molecule has 1 atom stereocenters. The van der Waals surface area contributed by atoms with Gasteiger partial charge >= 0.3 is 0 Å². The molecule has 17 heavy (non-hydrogen) atoms. The molecule has 0 saturated heterocycles. The molecule has 0 aromatic carbocycles. The van der Waals surface area contributed by atoms with Crippen LogP contribution in [0.25, 0.3) is 0 Å². The molecule has 0 radical (unpaired) electrons. The molecule has 1 unspecified atom stereocenters. The molecule has 2 heterocycles. The fourth-order valence-corrected chi connectivity index (χ4v) is 4.71. The van der Waals surface area contributed by atoms with Gasteiger partial charge in [0.2, 0.25) is 0 Å². The Kier molecular flexibility index (Phi) is 4.92. The molecule has 2 rings (SSSR count). The maximum absolute atomic E-state index is 6.20. The molecule has 0 fully saturated rings. The maximum Gasteiger partial charge on any atom is 0.0888 e. The molecule has 2 aromatic rings. The normalized spacial score (nSPS) is 12.9. The number of rotatable bonds is 4. The van der Waals surface area contributed by atoms with Crippen molar-refractivity contribution in [1.29, 1.82) is 0 Å². The van der Waals surface area contributed by atoms with Crippen LogP contribution in [0.3, 0.4) is 0 Å². The second kappa shape index (κ2) is 6.04. The Morgan fingerprint density at radius 2 is 2.18 bits per heavy atom. The molecule has 6 heteroatoms. The average molecular weight is 371 g/mol. The van der Waals surface area contributed by atoms with E-state index in [1.807, 2.05) is 17.5 Å². The van der Waals surface area contributed by atoms with Crippen molar-refractivity contribution in [3.05, 3.63) is 41.1 Å². The Labute approximate surface area is 127 Å². The highest BCUT2D eigenvalue weighted by Gasteiger charge is 2.20. The molecular weight excluding hydrogens is 361 g/mol. The van der Waals surface area contributed by atoms with Gasteiger partial charge in [-0.2, -0.15) is 0 Å². The van der Waals surface area contributed by atoms with Crippen molar-refractivity contribution < 1.29 is 0 Å². The monoisotopic (exact) mass is 369 g/mol. The number of halogens is 3. The lowest BCUT2D eigenvalue weighted by molar-refractivity contribution is 0.649. The van der Waals surface area contributed by atoms with E-state index in [-0.39, 0.29) is 6.04 Å². The summed E-state index contributed by atoms with van der Waals surface area (Å²) in [5.41, 5.74) is 0. The fourth-order valence-electron chi connectivity index (χ4n) is 1.54. The minimum absolute atomic E-state index is 0.126. The largest absolute Gasteiger partial charge is 0.305 e. The average Bonchev–Trinajstić information content (AvgIpc) is 2.83. The third-order valence-corrected chi connectivity index (χ3v) is 6.23. The standard InChI is InChI=1S/C11H10BrCl2NS2/c1-2-15-9(10-6(13)3-4-16-10)8-5-7(14)11(12)17-8/h3-5,9,15H,2H2,1H3. The number of nitrogens with one attached hydrogen (secondary N) is 1. The second-order valence-electron chi connectivity index (χ2n) is 3.39. The van der Waals surface area contributed by atoms with E-state index in [0.717, 1.165) is 25.3 Å². The SMILES string of the molecule is CCNC(c1cc(Cl)c(Br)s1)c1sccc1Cl. The van der Waals surface area contributed by atoms with Gasteiger partial charge in [-0.15, -0.1) is 22.7 Å². The van der Waals surface area contributed by atoms with E-state index >= 15 is 0 Å². The predicted octanol–water partition coefficient (Wildman–Crippen LogP) is 5.58. The first-order valence-electron chi connectivity index (χ1n) is 5.04. The van der Waals surface area contributed by atoms with Crippen LogP contribution in [0.5, 0.6) is 0 Å². The van der Waals surface area contributed by atoms with Crippen LogP contribution in [-0.2, 0) is 0 Å². The van der Waals surface area contributed by atoms with E-state index in [9.17, 15) is 0 Å². The van der Waals surface area contributed by atoms with Crippen LogP contribution in [0.2, 0.25) is 10.0 Å². The van der Waals surface area contributed by atoms with Gasteiger partial charge in [0.15, 0.2) is 0 Å². The van der Waals surface area contributed by atoms with Crippen LogP contribution in [0.1, 0.15) is 22.7 Å². The lowest BCUT2D eigenvalue weighted by Gasteiger charge is -2.15. The van der Waals surface area contributed by atoms with E-state index in [1.165, 1.54) is 4.88 Å². The van der Waals surface area contributed by atoms with Crippen LogP contribution >= 0.6 is 61.8 Å². The van der Waals surface area contributed by atoms with Gasteiger partial charge in [0.1, 0.15) is 0 Å². The Bertz CT molecular complexity index is 490. The van der Waals surface area contributed by atoms with Crippen molar-refractivity contribution in [1.82, 2.24) is 5.32 Å². The van der Waals surface area contributed by atoms with Gasteiger partial charge in [-0.05, 0) is 40.0 Å². The Morgan fingerprint density at radius 1 is 1.41 bits per heavy atom. The summed E-state index contributed by atoms with van der Waals surface area (Å²) in [7, 11) is 0. The molecule has 0 bridgehead atoms. The van der Waals surface area contributed by atoms with Crippen molar-refractivity contribution in [2.75, 3.05) is 6.54 Å². The molecule has 1 N–H and O–H groups in total. The van der Waals surface area contributed by atoms with Crippen LogP contribution < -0.4 is 5.32 Å². The van der Waals surface area contributed by atoms with Crippen LogP contribution in [0.4, 0.5) is 0 Å². The molecule has 0 aliphatic carbocycles. The first-order valence-corrected chi connectivity index (χ1v) is 8.29. The first kappa shape index (κ1) is 13.8. The quantitative estimate of drug-likeness (QED) is 0.740. The Morgan fingerprint density at radius 3 is 2.65 bits per heavy atom. The van der Waals surface area contributed by atoms with E-state index in [4.69, 9.17) is 23.2 Å². The summed E-state index contributed by atoms with van der Waals surface area (Å²) < 4.78 is 0.963. The molecule has 0 aliphatic heterocycles. The highest BCUT2D eigenvalue weighted by atomic mass is 79.9. The van der Waals surface area contributed by atoms with Crippen molar-refractivity contribution in [2.24, 2.45) is 0 Å². The molecule has 0 saturated carbocycles. The zero-order chi connectivity index (χ0) is 12.4. The summed E-state index contributed by atoms with van der Waals surface area (Å²) in [6.07, 6.45) is 0. The number of thiophene rings is 2. The maximum atomic E-state index is 6.20. The summed E-state index contributed by atoms with van der Waals surface area (Å²) >= 11 is 19.0. The number of hydrogen-bond donors (Lipinski definition) is 1. The lowest BCUT2D eigenvalue weighted by Crippen LogP contribution is -2.20. The smallest absolute Gasteiger partial charge is 0.0888 e. The minimum atomic E-state index is 0.126. The predicted molar refractivity (Wildman–Crippen MR) is 81.9 cm³/mol. The van der Waals surface area contributed by atoms with Crippen molar-refractivity contribution in [2.45, 2.75) is 13.0 Å². The summed E-state index contributed by atoms with van der Waals surface area (Å²) in [6.45, 7) is 2.96. The van der Waals surface area contributed by atoms with Gasteiger partial charge in [0.25, 0.3) is 0 Å². The second-order valence-corrected chi connectivity index (χ2v) is 7.56. The number of hydrogen-bond acceptors (Lipinski definition) is 3. The summed E-state index contributed by atoms with van der Waals surface area (Å²) in [5.74, 6) is 0. The first-order chi connectivity index (χ1) is 8.13. The van der Waals surface area contributed by atoms with Gasteiger partial charge in [0, 0.05) is 9.75 Å². The highest BCUT2D eigenvalue weighted by Crippen LogP contribution is 2.40. The zero-order valence-corrected chi connectivity index (χ0v) is 13.7. The molecule has 2 aromatic heterocycles. The molecule has 1 nitrogen and oxygen atoms in total. The summed E-state index contributed by atoms with van der Waals surface area (Å²) in [5, 5.41) is 7.00. The summed E-state index contributed by atoms with van der Waals surface area (Å²) in [6, 6.07) is 4.04. The third-order valence-electron chi connectivity index (χ3n) is 2.26. The van der Waals surface area contributed by atoms with Gasteiger partial charge in [-0.1, -0.05) is 30.1 Å². The van der Waals surface area contributed by atoms with E-state index < -0.39 is 0 Å². The topological polar surface area (TPSA) is 12.0 Å². The molecule has 0 spiro atoms. The molecule has 92 valence electrons. The van der Waals surface area contributed by atoms with Crippen LogP contribution in [0.15, 0.2) is 21.3 Å². The van der Waals surface area contributed by atoms with Gasteiger partial charge in [0.05, 0.1) is 19.9 Å². The van der Waals surface area contributed by atoms with Crippen LogP contribution in [0, 0.1) is 0 Å².